The SMILES string of the molecule is CC1CCN(C(=O)C(=O)Nc2c(Cl)cccc2Cl)CC1. The van der Waals surface area contributed by atoms with Gasteiger partial charge in [0.15, 0.2) is 0 Å². The van der Waals surface area contributed by atoms with Gasteiger partial charge in [-0.05, 0) is 30.9 Å². The fourth-order valence-electron chi connectivity index (χ4n) is 2.14. The molecule has 1 aromatic carbocycles. The molecule has 6 heteroatoms. The van der Waals surface area contributed by atoms with Gasteiger partial charge in [0.25, 0.3) is 0 Å². The minimum atomic E-state index is -0.699. The number of rotatable bonds is 1. The molecule has 2 amide bonds. The summed E-state index contributed by atoms with van der Waals surface area (Å²) in [5.74, 6) is -0.637. The maximum Gasteiger partial charge on any atom is 0.313 e. The first-order valence-corrected chi connectivity index (χ1v) is 7.29. The van der Waals surface area contributed by atoms with Crippen molar-refractivity contribution in [3.63, 3.8) is 0 Å². The smallest absolute Gasteiger partial charge is 0.313 e. The van der Waals surface area contributed by atoms with E-state index >= 15 is 0 Å². The van der Waals surface area contributed by atoms with Crippen LogP contribution in [0.4, 0.5) is 5.69 Å². The number of carbonyl (C=O) groups excluding carboxylic acids is 2. The van der Waals surface area contributed by atoms with Crippen molar-refractivity contribution in [3.8, 4) is 0 Å². The highest BCUT2D eigenvalue weighted by Crippen LogP contribution is 2.29. The average molecular weight is 315 g/mol. The number of nitrogens with zero attached hydrogens (tertiary/aromatic N) is 1. The highest BCUT2D eigenvalue weighted by Gasteiger charge is 2.26. The fraction of sp³-hybridized carbons (Fsp3) is 0.429. The van der Waals surface area contributed by atoms with Gasteiger partial charge in [0.2, 0.25) is 0 Å². The molecule has 0 aliphatic carbocycles. The summed E-state index contributed by atoms with van der Waals surface area (Å²) in [5, 5.41) is 3.11. The number of hydrogen-bond acceptors (Lipinski definition) is 2. The molecule has 0 bridgehead atoms. The second kappa shape index (κ2) is 6.46. The van der Waals surface area contributed by atoms with Gasteiger partial charge in [0.05, 0.1) is 15.7 Å². The first-order valence-electron chi connectivity index (χ1n) is 6.53. The molecule has 1 aromatic rings. The van der Waals surface area contributed by atoms with Crippen molar-refractivity contribution in [2.24, 2.45) is 5.92 Å². The quantitative estimate of drug-likeness (QED) is 0.809. The third kappa shape index (κ3) is 3.44. The number of piperidine rings is 1. The Labute approximate surface area is 128 Å². The Bertz CT molecular complexity index is 506. The highest BCUT2D eigenvalue weighted by molar-refractivity contribution is 6.44. The monoisotopic (exact) mass is 314 g/mol. The Hall–Kier alpha value is -1.26. The van der Waals surface area contributed by atoms with E-state index in [1.807, 2.05) is 0 Å². The van der Waals surface area contributed by atoms with Gasteiger partial charge in [-0.1, -0.05) is 36.2 Å². The molecule has 0 aromatic heterocycles. The molecule has 1 fully saturated rings. The number of anilines is 1. The van der Waals surface area contributed by atoms with Crippen molar-refractivity contribution in [2.75, 3.05) is 18.4 Å². The normalized spacial score (nSPS) is 16.1. The van der Waals surface area contributed by atoms with E-state index in [-0.39, 0.29) is 5.69 Å². The van der Waals surface area contributed by atoms with E-state index in [0.29, 0.717) is 29.1 Å². The van der Waals surface area contributed by atoms with Crippen molar-refractivity contribution in [1.29, 1.82) is 0 Å². The Morgan fingerprint density at radius 1 is 1.20 bits per heavy atom. The van der Waals surface area contributed by atoms with Crippen LogP contribution < -0.4 is 5.32 Å². The number of nitrogens with one attached hydrogen (secondary N) is 1. The summed E-state index contributed by atoms with van der Waals surface area (Å²) in [6.07, 6.45) is 1.84. The second-order valence-corrected chi connectivity index (χ2v) is 5.84. The van der Waals surface area contributed by atoms with Gasteiger partial charge >= 0.3 is 11.8 Å². The van der Waals surface area contributed by atoms with Crippen LogP contribution in [0.25, 0.3) is 0 Å². The van der Waals surface area contributed by atoms with E-state index in [1.165, 1.54) is 0 Å². The fourth-order valence-corrected chi connectivity index (χ4v) is 2.63. The molecule has 1 aliphatic heterocycles. The number of halogens is 2. The summed E-state index contributed by atoms with van der Waals surface area (Å²) in [6, 6.07) is 4.89. The molecule has 1 N–H and O–H groups in total. The van der Waals surface area contributed by atoms with Crippen molar-refractivity contribution >= 4 is 40.7 Å². The lowest BCUT2D eigenvalue weighted by Crippen LogP contribution is -2.43. The molecule has 0 unspecified atom stereocenters. The van der Waals surface area contributed by atoms with E-state index in [0.717, 1.165) is 12.8 Å². The predicted molar refractivity (Wildman–Crippen MR) is 80.1 cm³/mol. The zero-order valence-corrected chi connectivity index (χ0v) is 12.7. The molecule has 1 saturated heterocycles. The number of likely N-dealkylation sites (tertiary alicyclic amines) is 1. The summed E-state index contributed by atoms with van der Waals surface area (Å²) >= 11 is 11.9. The molecular weight excluding hydrogens is 299 g/mol. The number of carbonyl (C=O) groups is 2. The van der Waals surface area contributed by atoms with E-state index in [4.69, 9.17) is 23.2 Å². The number of hydrogen-bond donors (Lipinski definition) is 1. The largest absolute Gasteiger partial charge is 0.334 e. The van der Waals surface area contributed by atoms with Crippen molar-refractivity contribution < 1.29 is 9.59 Å². The number of para-hydroxylation sites is 1. The standard InChI is InChI=1S/C14H16Cl2N2O2/c1-9-5-7-18(8-6-9)14(20)13(19)17-12-10(15)3-2-4-11(12)16/h2-4,9H,5-8H2,1H3,(H,17,19). The molecule has 108 valence electrons. The molecular formula is C14H16Cl2N2O2. The first kappa shape index (κ1) is 15.1. The van der Waals surface area contributed by atoms with E-state index in [1.54, 1.807) is 23.1 Å². The van der Waals surface area contributed by atoms with E-state index in [9.17, 15) is 9.59 Å². The highest BCUT2D eigenvalue weighted by atomic mass is 35.5. The minimum Gasteiger partial charge on any atom is -0.334 e. The van der Waals surface area contributed by atoms with Crippen LogP contribution in [0.1, 0.15) is 19.8 Å². The van der Waals surface area contributed by atoms with Gasteiger partial charge in [0.1, 0.15) is 0 Å². The van der Waals surface area contributed by atoms with Crippen LogP contribution in [0.2, 0.25) is 10.0 Å². The van der Waals surface area contributed by atoms with Crippen molar-refractivity contribution in [3.05, 3.63) is 28.2 Å². The van der Waals surface area contributed by atoms with Gasteiger partial charge in [-0.15, -0.1) is 0 Å². The lowest BCUT2D eigenvalue weighted by atomic mass is 9.99. The molecule has 0 radical (unpaired) electrons. The molecule has 0 spiro atoms. The molecule has 2 rings (SSSR count). The van der Waals surface area contributed by atoms with Crippen LogP contribution in [0.5, 0.6) is 0 Å². The Kier molecular flexibility index (Phi) is 4.89. The Balaban J connectivity index is 2.03. The summed E-state index contributed by atoms with van der Waals surface area (Å²) in [4.78, 5) is 25.6. The maximum atomic E-state index is 12.1. The molecule has 1 heterocycles. The van der Waals surface area contributed by atoms with Gasteiger partial charge in [-0.3, -0.25) is 9.59 Å². The van der Waals surface area contributed by atoms with Gasteiger partial charge in [-0.2, -0.15) is 0 Å². The summed E-state index contributed by atoms with van der Waals surface area (Å²) in [5.41, 5.74) is 0.277. The molecule has 1 aliphatic rings. The van der Waals surface area contributed by atoms with Crippen LogP contribution >= 0.6 is 23.2 Å². The summed E-state index contributed by atoms with van der Waals surface area (Å²) in [7, 11) is 0. The third-order valence-corrected chi connectivity index (χ3v) is 4.10. The van der Waals surface area contributed by atoms with Crippen LogP contribution in [0.3, 0.4) is 0 Å². The Morgan fingerprint density at radius 3 is 2.30 bits per heavy atom. The number of amides is 2. The zero-order valence-electron chi connectivity index (χ0n) is 11.2. The average Bonchev–Trinajstić information content (AvgIpc) is 2.43. The van der Waals surface area contributed by atoms with Gasteiger partial charge in [0, 0.05) is 13.1 Å². The molecule has 4 nitrogen and oxygen atoms in total. The van der Waals surface area contributed by atoms with Crippen LogP contribution in [0, 0.1) is 5.92 Å². The lowest BCUT2D eigenvalue weighted by Gasteiger charge is -2.29. The van der Waals surface area contributed by atoms with Crippen LogP contribution in [-0.2, 0) is 9.59 Å². The van der Waals surface area contributed by atoms with Crippen molar-refractivity contribution in [1.82, 2.24) is 4.90 Å². The maximum absolute atomic E-state index is 12.1. The van der Waals surface area contributed by atoms with Crippen LogP contribution in [0.15, 0.2) is 18.2 Å². The van der Waals surface area contributed by atoms with Gasteiger partial charge < -0.3 is 10.2 Å². The number of benzene rings is 1. The third-order valence-electron chi connectivity index (χ3n) is 3.47. The topological polar surface area (TPSA) is 49.4 Å². The predicted octanol–water partition coefficient (Wildman–Crippen LogP) is 3.19. The van der Waals surface area contributed by atoms with Crippen LogP contribution in [-0.4, -0.2) is 29.8 Å². The van der Waals surface area contributed by atoms with E-state index in [2.05, 4.69) is 12.2 Å². The summed E-state index contributed by atoms with van der Waals surface area (Å²) < 4.78 is 0. The van der Waals surface area contributed by atoms with E-state index < -0.39 is 11.8 Å². The minimum absolute atomic E-state index is 0.277. The lowest BCUT2D eigenvalue weighted by molar-refractivity contribution is -0.144. The first-order chi connectivity index (χ1) is 9.49. The Morgan fingerprint density at radius 2 is 1.75 bits per heavy atom. The molecule has 0 saturated carbocycles. The van der Waals surface area contributed by atoms with Crippen molar-refractivity contribution in [2.45, 2.75) is 19.8 Å². The second-order valence-electron chi connectivity index (χ2n) is 5.03. The molecule has 20 heavy (non-hydrogen) atoms. The molecule has 0 atom stereocenters. The van der Waals surface area contributed by atoms with Gasteiger partial charge in [-0.25, -0.2) is 0 Å². The summed E-state index contributed by atoms with van der Waals surface area (Å²) in [6.45, 7) is 3.37. The zero-order chi connectivity index (χ0) is 14.7.